The summed E-state index contributed by atoms with van der Waals surface area (Å²) >= 11 is 0. The van der Waals surface area contributed by atoms with Crippen molar-refractivity contribution in [2.45, 2.75) is 20.0 Å². The van der Waals surface area contributed by atoms with Crippen molar-refractivity contribution in [3.05, 3.63) is 59.2 Å². The zero-order valence-electron chi connectivity index (χ0n) is 10.9. The van der Waals surface area contributed by atoms with Crippen LogP contribution >= 0.6 is 0 Å². The lowest BCUT2D eigenvalue weighted by Gasteiger charge is -2.17. The Kier molecular flexibility index (Phi) is 3.28. The van der Waals surface area contributed by atoms with Gasteiger partial charge in [0, 0.05) is 0 Å². The fourth-order valence-electron chi connectivity index (χ4n) is 2.24. The summed E-state index contributed by atoms with van der Waals surface area (Å²) in [5.74, 6) is 0. The lowest BCUT2D eigenvalue weighted by molar-refractivity contribution is -0.138. The lowest BCUT2D eigenvalue weighted by atomic mass is 9.90. The first-order valence-corrected chi connectivity index (χ1v) is 6.34. The maximum absolute atomic E-state index is 5.86. The van der Waals surface area contributed by atoms with Gasteiger partial charge in [-0.1, -0.05) is 41.9 Å². The first-order valence-electron chi connectivity index (χ1n) is 6.34. The number of fused-ring (bicyclic) bond motifs is 1. The van der Waals surface area contributed by atoms with Crippen LogP contribution in [0.25, 0.3) is 0 Å². The quantitative estimate of drug-likeness (QED) is 0.666. The highest BCUT2D eigenvalue weighted by Crippen LogP contribution is 2.22. The van der Waals surface area contributed by atoms with E-state index >= 15 is 0 Å². The molecule has 2 aromatic rings. The van der Waals surface area contributed by atoms with Gasteiger partial charge in [-0.05, 0) is 29.7 Å². The van der Waals surface area contributed by atoms with E-state index in [4.69, 9.17) is 12.8 Å². The molecule has 2 aromatic carbocycles. The van der Waals surface area contributed by atoms with Crippen LogP contribution in [-0.4, -0.2) is 12.9 Å². The third-order valence-electron chi connectivity index (χ3n) is 3.47. The van der Waals surface area contributed by atoms with Gasteiger partial charge in [-0.3, -0.25) is 0 Å². The van der Waals surface area contributed by atoms with Crippen LogP contribution < -0.4 is 10.9 Å². The molecule has 1 N–H and O–H groups in total. The van der Waals surface area contributed by atoms with Crippen molar-refractivity contribution in [3.8, 4) is 0 Å². The molecule has 2 radical (unpaired) electrons. The normalized spacial score (nSPS) is 14.4. The number of nitrogens with zero attached hydrogens (tertiary/aromatic N) is 1. The minimum Gasteiger partial charge on any atom is -0.247 e. The first kappa shape index (κ1) is 12.3. The number of hydrogen-bond acceptors (Lipinski definition) is 3. The van der Waals surface area contributed by atoms with E-state index in [1.165, 1.54) is 11.1 Å². The molecular formula is C15H15BN2O. The summed E-state index contributed by atoms with van der Waals surface area (Å²) in [5.41, 5.74) is 8.26. The molecule has 3 rings (SSSR count). The number of rotatable bonds is 3. The van der Waals surface area contributed by atoms with Crippen LogP contribution in [0.2, 0.25) is 0 Å². The Labute approximate surface area is 114 Å². The van der Waals surface area contributed by atoms with Crippen LogP contribution in [0.5, 0.6) is 0 Å². The van der Waals surface area contributed by atoms with Crippen molar-refractivity contribution in [2.75, 3.05) is 5.48 Å². The second-order valence-electron chi connectivity index (χ2n) is 4.78. The third-order valence-corrected chi connectivity index (χ3v) is 3.47. The molecule has 0 bridgehead atoms. The average molecular weight is 250 g/mol. The molecule has 4 heteroatoms. The Hall–Kier alpha value is -1.78. The SMILES string of the molecule is [B]c1cccc(NON2Cc3ccccc3C2)c1C. The van der Waals surface area contributed by atoms with E-state index in [1.807, 2.05) is 30.2 Å². The third kappa shape index (κ3) is 2.50. The van der Waals surface area contributed by atoms with Gasteiger partial charge in [0.25, 0.3) is 0 Å². The van der Waals surface area contributed by atoms with E-state index in [9.17, 15) is 0 Å². The molecule has 0 aromatic heterocycles. The van der Waals surface area contributed by atoms with Crippen molar-refractivity contribution in [1.29, 1.82) is 0 Å². The minimum atomic E-state index is 0.762. The van der Waals surface area contributed by atoms with E-state index in [-0.39, 0.29) is 0 Å². The maximum atomic E-state index is 5.86. The van der Waals surface area contributed by atoms with Gasteiger partial charge in [0.1, 0.15) is 7.85 Å². The van der Waals surface area contributed by atoms with E-state index in [2.05, 4.69) is 29.7 Å². The van der Waals surface area contributed by atoms with Crippen LogP contribution in [0.3, 0.4) is 0 Å². The molecule has 1 aliphatic heterocycles. The number of anilines is 1. The van der Waals surface area contributed by atoms with E-state index in [0.29, 0.717) is 0 Å². The molecule has 1 heterocycles. The predicted molar refractivity (Wildman–Crippen MR) is 77.0 cm³/mol. The van der Waals surface area contributed by atoms with Gasteiger partial charge in [-0.2, -0.15) is 10.0 Å². The molecule has 19 heavy (non-hydrogen) atoms. The second kappa shape index (κ2) is 5.07. The van der Waals surface area contributed by atoms with Crippen LogP contribution in [0, 0.1) is 6.92 Å². The van der Waals surface area contributed by atoms with Crippen LogP contribution in [0.15, 0.2) is 42.5 Å². The Bertz CT molecular complexity index is 575. The van der Waals surface area contributed by atoms with Crippen molar-refractivity contribution >= 4 is 19.0 Å². The molecule has 0 unspecified atom stereocenters. The average Bonchev–Trinajstić information content (AvgIpc) is 2.83. The maximum Gasteiger partial charge on any atom is 0.114 e. The number of benzene rings is 2. The first-order chi connectivity index (χ1) is 9.24. The molecule has 0 saturated heterocycles. The van der Waals surface area contributed by atoms with Gasteiger partial charge in [0.05, 0.1) is 18.8 Å². The van der Waals surface area contributed by atoms with Gasteiger partial charge >= 0.3 is 0 Å². The summed E-state index contributed by atoms with van der Waals surface area (Å²) in [6.07, 6.45) is 0. The van der Waals surface area contributed by atoms with Crippen LogP contribution in [0.4, 0.5) is 5.69 Å². The highest BCUT2D eigenvalue weighted by Gasteiger charge is 2.19. The Morgan fingerprint density at radius 1 is 1.05 bits per heavy atom. The van der Waals surface area contributed by atoms with E-state index in [1.54, 1.807) is 0 Å². The zero-order chi connectivity index (χ0) is 13.2. The number of hydroxylamine groups is 2. The molecule has 3 nitrogen and oxygen atoms in total. The molecule has 0 fully saturated rings. The molecule has 94 valence electrons. The van der Waals surface area contributed by atoms with Crippen molar-refractivity contribution in [1.82, 2.24) is 5.06 Å². The Balaban J connectivity index is 1.64. The molecule has 0 amide bonds. The summed E-state index contributed by atoms with van der Waals surface area (Å²) in [4.78, 5) is 5.64. The number of hydrogen-bond donors (Lipinski definition) is 1. The summed E-state index contributed by atoms with van der Waals surface area (Å²) < 4.78 is 0. The fourth-order valence-corrected chi connectivity index (χ4v) is 2.24. The smallest absolute Gasteiger partial charge is 0.114 e. The summed E-state index contributed by atoms with van der Waals surface area (Å²) in [6.45, 7) is 3.56. The molecule has 0 atom stereocenters. The lowest BCUT2D eigenvalue weighted by Crippen LogP contribution is -2.22. The van der Waals surface area contributed by atoms with Crippen LogP contribution in [-0.2, 0) is 18.0 Å². The summed E-state index contributed by atoms with van der Waals surface area (Å²) in [5, 5.41) is 1.90. The van der Waals surface area contributed by atoms with E-state index < -0.39 is 0 Å². The van der Waals surface area contributed by atoms with Crippen molar-refractivity contribution in [3.63, 3.8) is 0 Å². The minimum absolute atomic E-state index is 0.762. The molecule has 1 aliphatic rings. The standard InChI is InChI=1S/C15H15BN2O/c1-11-14(16)7-4-8-15(11)17-19-18-9-12-5-2-3-6-13(12)10-18/h2-8,17H,9-10H2,1H3. The monoisotopic (exact) mass is 250 g/mol. The van der Waals surface area contributed by atoms with Gasteiger partial charge in [-0.25, -0.2) is 5.48 Å². The largest absolute Gasteiger partial charge is 0.247 e. The van der Waals surface area contributed by atoms with Gasteiger partial charge in [-0.15, -0.1) is 0 Å². The highest BCUT2D eigenvalue weighted by atomic mass is 16.8. The highest BCUT2D eigenvalue weighted by molar-refractivity contribution is 6.33. The van der Waals surface area contributed by atoms with Gasteiger partial charge in [0.2, 0.25) is 0 Å². The van der Waals surface area contributed by atoms with Gasteiger partial charge in [0.15, 0.2) is 0 Å². The van der Waals surface area contributed by atoms with Gasteiger partial charge < -0.3 is 0 Å². The number of nitrogens with one attached hydrogen (secondary N) is 1. The van der Waals surface area contributed by atoms with Crippen molar-refractivity contribution < 1.29 is 4.94 Å². The Morgan fingerprint density at radius 3 is 2.42 bits per heavy atom. The van der Waals surface area contributed by atoms with E-state index in [0.717, 1.165) is 29.8 Å². The summed E-state index contributed by atoms with van der Waals surface area (Å²) in [6, 6.07) is 14.1. The van der Waals surface area contributed by atoms with Crippen LogP contribution in [0.1, 0.15) is 16.7 Å². The molecule has 0 saturated carbocycles. The Morgan fingerprint density at radius 2 is 1.74 bits per heavy atom. The van der Waals surface area contributed by atoms with Crippen molar-refractivity contribution in [2.24, 2.45) is 0 Å². The topological polar surface area (TPSA) is 24.5 Å². The zero-order valence-corrected chi connectivity index (χ0v) is 10.9. The molecule has 0 spiro atoms. The fraction of sp³-hybridized carbons (Fsp3) is 0.200. The molecular weight excluding hydrogens is 235 g/mol. The predicted octanol–water partition coefficient (Wildman–Crippen LogP) is 2.06. The second-order valence-corrected chi connectivity index (χ2v) is 4.78. The summed E-state index contributed by atoms with van der Waals surface area (Å²) in [7, 11) is 5.86. The molecule has 0 aliphatic carbocycles.